The van der Waals surface area contributed by atoms with Crippen molar-refractivity contribution in [1.82, 2.24) is 9.97 Å². The normalized spacial score (nSPS) is 17.3. The third kappa shape index (κ3) is 2.57. The van der Waals surface area contributed by atoms with E-state index in [1.807, 2.05) is 6.92 Å². The van der Waals surface area contributed by atoms with Crippen LogP contribution in [0.5, 0.6) is 0 Å². The Balaban J connectivity index is 2.41. The first-order chi connectivity index (χ1) is 8.26. The second-order valence-corrected chi connectivity index (χ2v) is 4.57. The first-order valence-electron chi connectivity index (χ1n) is 6.41. The molecular weight excluding hydrogens is 216 g/mol. The van der Waals surface area contributed by atoms with Gasteiger partial charge < -0.3 is 9.72 Å². The van der Waals surface area contributed by atoms with Gasteiger partial charge in [0.1, 0.15) is 11.9 Å². The molecule has 0 saturated heterocycles. The average Bonchev–Trinajstić information content (AvgIpc) is 2.56. The van der Waals surface area contributed by atoms with Crippen LogP contribution in [0, 0.1) is 0 Å². The number of aromatic nitrogens is 2. The zero-order chi connectivity index (χ0) is 12.3. The number of hydrogen-bond donors (Lipinski definition) is 1. The maximum Gasteiger partial charge on any atom is 0.254 e. The summed E-state index contributed by atoms with van der Waals surface area (Å²) in [5.74, 6) is 0.681. The summed E-state index contributed by atoms with van der Waals surface area (Å²) in [7, 11) is 1.65. The van der Waals surface area contributed by atoms with Crippen molar-refractivity contribution < 1.29 is 4.74 Å². The van der Waals surface area contributed by atoms with Gasteiger partial charge in [-0.3, -0.25) is 4.79 Å². The van der Waals surface area contributed by atoms with Crippen LogP contribution in [0.25, 0.3) is 0 Å². The van der Waals surface area contributed by atoms with Crippen molar-refractivity contribution in [1.29, 1.82) is 0 Å². The molecule has 1 heterocycles. The first kappa shape index (κ1) is 12.3. The van der Waals surface area contributed by atoms with Crippen molar-refractivity contribution in [3.63, 3.8) is 0 Å². The summed E-state index contributed by atoms with van der Waals surface area (Å²) in [4.78, 5) is 19.5. The van der Waals surface area contributed by atoms with Gasteiger partial charge in [-0.05, 0) is 32.1 Å². The lowest BCUT2D eigenvalue weighted by Crippen LogP contribution is -2.21. The van der Waals surface area contributed by atoms with E-state index in [2.05, 4.69) is 9.97 Å². The number of aryl methyl sites for hydroxylation is 1. The Labute approximate surface area is 101 Å². The molecule has 1 atom stereocenters. The highest BCUT2D eigenvalue weighted by Crippen LogP contribution is 2.19. The number of aromatic amines is 1. The summed E-state index contributed by atoms with van der Waals surface area (Å²) < 4.78 is 5.33. The van der Waals surface area contributed by atoms with E-state index in [0.717, 1.165) is 43.4 Å². The summed E-state index contributed by atoms with van der Waals surface area (Å²) in [6.45, 7) is 2.03. The standard InChI is InChI=1S/C13H20N2O2/c1-3-11(17-2)12-14-10-8-6-4-5-7-9(10)13(16)15-12/h11H,3-8H2,1-2H3,(H,14,15,16). The number of nitrogens with zero attached hydrogens (tertiary/aromatic N) is 1. The van der Waals surface area contributed by atoms with Crippen LogP contribution < -0.4 is 5.56 Å². The maximum absolute atomic E-state index is 12.0. The van der Waals surface area contributed by atoms with Crippen LogP contribution in [-0.4, -0.2) is 17.1 Å². The van der Waals surface area contributed by atoms with E-state index in [0.29, 0.717) is 5.82 Å². The van der Waals surface area contributed by atoms with Crippen LogP contribution in [0.4, 0.5) is 0 Å². The molecule has 0 amide bonds. The van der Waals surface area contributed by atoms with Crippen LogP contribution in [0.2, 0.25) is 0 Å². The topological polar surface area (TPSA) is 55.0 Å². The molecule has 4 nitrogen and oxygen atoms in total. The third-order valence-electron chi connectivity index (χ3n) is 3.42. The van der Waals surface area contributed by atoms with Crippen LogP contribution in [0.1, 0.15) is 55.8 Å². The van der Waals surface area contributed by atoms with E-state index in [1.165, 1.54) is 6.42 Å². The minimum atomic E-state index is -0.101. The molecule has 0 spiro atoms. The van der Waals surface area contributed by atoms with Gasteiger partial charge in [-0.25, -0.2) is 4.98 Å². The maximum atomic E-state index is 12.0. The van der Waals surface area contributed by atoms with E-state index in [1.54, 1.807) is 7.11 Å². The number of fused-ring (bicyclic) bond motifs is 1. The van der Waals surface area contributed by atoms with Gasteiger partial charge in [-0.2, -0.15) is 0 Å². The van der Waals surface area contributed by atoms with E-state index in [-0.39, 0.29) is 11.7 Å². The van der Waals surface area contributed by atoms with Crippen LogP contribution in [0.15, 0.2) is 4.79 Å². The van der Waals surface area contributed by atoms with Crippen molar-refractivity contribution in [2.75, 3.05) is 7.11 Å². The zero-order valence-electron chi connectivity index (χ0n) is 10.6. The van der Waals surface area contributed by atoms with Gasteiger partial charge in [0.15, 0.2) is 0 Å². The zero-order valence-corrected chi connectivity index (χ0v) is 10.6. The van der Waals surface area contributed by atoms with Crippen molar-refractivity contribution in [3.8, 4) is 0 Å². The molecule has 0 aliphatic heterocycles. The number of ether oxygens (including phenoxy) is 1. The van der Waals surface area contributed by atoms with Crippen molar-refractivity contribution >= 4 is 0 Å². The fraction of sp³-hybridized carbons (Fsp3) is 0.692. The molecule has 1 aromatic heterocycles. The fourth-order valence-corrected chi connectivity index (χ4v) is 2.42. The Bertz CT molecular complexity index is 436. The minimum absolute atomic E-state index is 0.0300. The monoisotopic (exact) mass is 236 g/mol. The Morgan fingerprint density at radius 2 is 2.12 bits per heavy atom. The fourth-order valence-electron chi connectivity index (χ4n) is 2.42. The predicted molar refractivity (Wildman–Crippen MR) is 66.2 cm³/mol. The minimum Gasteiger partial charge on any atom is -0.374 e. The number of nitrogens with one attached hydrogen (secondary N) is 1. The van der Waals surface area contributed by atoms with Gasteiger partial charge in [0.2, 0.25) is 0 Å². The van der Waals surface area contributed by atoms with Gasteiger partial charge in [0, 0.05) is 12.7 Å². The molecule has 1 N–H and O–H groups in total. The molecule has 0 fully saturated rings. The number of methoxy groups -OCH3 is 1. The second-order valence-electron chi connectivity index (χ2n) is 4.57. The average molecular weight is 236 g/mol. The number of H-pyrrole nitrogens is 1. The smallest absolute Gasteiger partial charge is 0.254 e. The summed E-state index contributed by atoms with van der Waals surface area (Å²) >= 11 is 0. The highest BCUT2D eigenvalue weighted by Gasteiger charge is 2.17. The molecule has 0 saturated carbocycles. The summed E-state index contributed by atoms with van der Waals surface area (Å²) in [5.41, 5.74) is 1.90. The Kier molecular flexibility index (Phi) is 3.94. The number of rotatable bonds is 3. The molecule has 94 valence electrons. The Morgan fingerprint density at radius 3 is 2.82 bits per heavy atom. The highest BCUT2D eigenvalue weighted by atomic mass is 16.5. The van der Waals surface area contributed by atoms with E-state index in [9.17, 15) is 4.79 Å². The summed E-state index contributed by atoms with van der Waals surface area (Å²) in [5, 5.41) is 0. The van der Waals surface area contributed by atoms with Crippen molar-refractivity contribution in [3.05, 3.63) is 27.4 Å². The summed E-state index contributed by atoms with van der Waals surface area (Å²) in [6, 6.07) is 0. The largest absolute Gasteiger partial charge is 0.374 e. The van der Waals surface area contributed by atoms with Gasteiger partial charge in [-0.15, -0.1) is 0 Å². The molecular formula is C13H20N2O2. The molecule has 0 bridgehead atoms. The van der Waals surface area contributed by atoms with E-state index in [4.69, 9.17) is 4.74 Å². The Morgan fingerprint density at radius 1 is 1.35 bits per heavy atom. The van der Waals surface area contributed by atoms with Crippen LogP contribution in [-0.2, 0) is 17.6 Å². The van der Waals surface area contributed by atoms with E-state index >= 15 is 0 Å². The predicted octanol–water partition coefficient (Wildman–Crippen LogP) is 2.14. The SMILES string of the molecule is CCC(OC)c1nc2c(c(=O)[nH]1)CCCCC2. The quantitative estimate of drug-likeness (QED) is 0.818. The molecule has 1 unspecified atom stereocenters. The molecule has 0 aromatic carbocycles. The molecule has 0 radical (unpaired) electrons. The highest BCUT2D eigenvalue weighted by molar-refractivity contribution is 5.20. The molecule has 1 aromatic rings. The van der Waals surface area contributed by atoms with E-state index < -0.39 is 0 Å². The molecule has 4 heteroatoms. The number of hydrogen-bond acceptors (Lipinski definition) is 3. The van der Waals surface area contributed by atoms with Crippen molar-refractivity contribution in [2.45, 2.75) is 51.6 Å². The van der Waals surface area contributed by atoms with Crippen LogP contribution in [0.3, 0.4) is 0 Å². The lowest BCUT2D eigenvalue weighted by atomic mass is 10.1. The lowest BCUT2D eigenvalue weighted by Gasteiger charge is -2.14. The van der Waals surface area contributed by atoms with Crippen molar-refractivity contribution in [2.24, 2.45) is 0 Å². The molecule has 17 heavy (non-hydrogen) atoms. The van der Waals surface area contributed by atoms with Crippen LogP contribution >= 0.6 is 0 Å². The molecule has 2 rings (SSSR count). The summed E-state index contributed by atoms with van der Waals surface area (Å²) in [6.07, 6.45) is 5.92. The molecule has 1 aliphatic carbocycles. The first-order valence-corrected chi connectivity index (χ1v) is 6.41. The Hall–Kier alpha value is -1.16. The third-order valence-corrected chi connectivity index (χ3v) is 3.42. The van der Waals surface area contributed by atoms with Gasteiger partial charge >= 0.3 is 0 Å². The second kappa shape index (κ2) is 5.45. The lowest BCUT2D eigenvalue weighted by molar-refractivity contribution is 0.0921. The van der Waals surface area contributed by atoms with Gasteiger partial charge in [0.25, 0.3) is 5.56 Å². The van der Waals surface area contributed by atoms with Gasteiger partial charge in [0.05, 0.1) is 5.69 Å². The molecule has 1 aliphatic rings. The van der Waals surface area contributed by atoms with Gasteiger partial charge in [-0.1, -0.05) is 13.3 Å².